The summed E-state index contributed by atoms with van der Waals surface area (Å²) in [5, 5.41) is 70.9. The lowest BCUT2D eigenvalue weighted by Gasteiger charge is -2.23. The lowest BCUT2D eigenvalue weighted by Crippen LogP contribution is -2.41. The zero-order chi connectivity index (χ0) is 19.5. The van der Waals surface area contributed by atoms with Crippen molar-refractivity contribution in [2.75, 3.05) is 13.2 Å². The van der Waals surface area contributed by atoms with Crippen molar-refractivity contribution in [2.24, 2.45) is 0 Å². The summed E-state index contributed by atoms with van der Waals surface area (Å²) in [6, 6.07) is 0. The van der Waals surface area contributed by atoms with Crippen LogP contribution in [0.5, 0.6) is 0 Å². The van der Waals surface area contributed by atoms with Crippen LogP contribution in [-0.2, 0) is 19.1 Å². The van der Waals surface area contributed by atoms with E-state index in [0.29, 0.717) is 0 Å². The molecule has 0 aliphatic carbocycles. The Hall–Kier alpha value is -2.06. The number of ether oxygens (including phenoxy) is 2. The Bertz CT molecular complexity index is 609. The smallest absolute Gasteiger partial charge is 0.378 e. The Morgan fingerprint density at radius 1 is 1.20 bits per heavy atom. The van der Waals surface area contributed by atoms with Crippen LogP contribution in [0, 0.1) is 0 Å². The first-order valence-electron chi connectivity index (χ1n) is 6.45. The molecule has 0 saturated heterocycles. The topological polar surface area (TPSA) is 214 Å². The van der Waals surface area contributed by atoms with Crippen molar-refractivity contribution >= 4 is 27.9 Å². The van der Waals surface area contributed by atoms with E-state index in [2.05, 4.69) is 25.4 Å². The highest BCUT2D eigenvalue weighted by Gasteiger charge is 2.47. The van der Waals surface area contributed by atoms with Crippen LogP contribution in [-0.4, -0.2) is 88.8 Å². The summed E-state index contributed by atoms with van der Waals surface area (Å²) in [5.41, 5.74) is 0. The minimum atomic E-state index is -1.99. The fraction of sp³-hybridized carbons (Fsp3) is 0.500. The van der Waals surface area contributed by atoms with E-state index in [1.54, 1.807) is 0 Å². The van der Waals surface area contributed by atoms with Gasteiger partial charge in [0.15, 0.2) is 22.1 Å². The van der Waals surface area contributed by atoms with Crippen molar-refractivity contribution in [3.8, 4) is 0 Å². The van der Waals surface area contributed by atoms with Gasteiger partial charge in [-0.05, 0) is 15.9 Å². The number of aliphatic hydroxyl groups is 8. The highest BCUT2D eigenvalue weighted by Crippen LogP contribution is 2.31. The lowest BCUT2D eigenvalue weighted by atomic mass is 10.2. The Morgan fingerprint density at radius 2 is 1.76 bits per heavy atom. The molecule has 0 bridgehead atoms. The van der Waals surface area contributed by atoms with Crippen molar-refractivity contribution in [1.29, 1.82) is 0 Å². The van der Waals surface area contributed by atoms with Gasteiger partial charge < -0.3 is 50.3 Å². The number of halogens is 1. The SMILES string of the molecule is O=C1O[C@H]([C@](O)(Br)CO)C(O)=C1O.O=[14C]1O[C@H]([C@@H](O)CO)C(O)=C1O. The van der Waals surface area contributed by atoms with Crippen LogP contribution < -0.4 is 0 Å². The Kier molecular flexibility index (Phi) is 6.61. The summed E-state index contributed by atoms with van der Waals surface area (Å²) in [4.78, 5) is 21.2. The van der Waals surface area contributed by atoms with Gasteiger partial charge in [-0.15, -0.1) is 0 Å². The van der Waals surface area contributed by atoms with E-state index < -0.39 is 71.0 Å². The molecule has 0 amide bonds. The molecule has 0 aromatic heterocycles. The molecule has 2 aliphatic rings. The quantitative estimate of drug-likeness (QED) is 0.177. The number of hydrogen-bond acceptors (Lipinski definition) is 12. The number of alkyl halides is 1. The summed E-state index contributed by atoms with van der Waals surface area (Å²) < 4.78 is 6.70. The number of esters is 2. The van der Waals surface area contributed by atoms with E-state index >= 15 is 0 Å². The number of aliphatic hydroxyl groups excluding tert-OH is 7. The fourth-order valence-electron chi connectivity index (χ4n) is 1.65. The average molecular weight is 433 g/mol. The standard InChI is InChI=1S/C6H7BrO6.C6H8O6/c7-6(12,1-8)4-2(9)3(10)5(11)13-4;7-1-2(8)5-3(9)4(10)6(11)12-5/h4,8-10,12H,1H2;2,5,7-10H,1H2/t4-,6-;2-,5+/m00/s1/i;6+2. The van der Waals surface area contributed by atoms with Crippen LogP contribution in [0.1, 0.15) is 0 Å². The maximum absolute atomic E-state index is 10.7. The third kappa shape index (κ3) is 4.32. The van der Waals surface area contributed by atoms with Gasteiger partial charge in [0, 0.05) is 0 Å². The predicted octanol–water partition coefficient (Wildman–Crippen LogP) is -2.09. The van der Waals surface area contributed by atoms with Crippen molar-refractivity contribution in [1.82, 2.24) is 0 Å². The van der Waals surface area contributed by atoms with E-state index in [1.165, 1.54) is 0 Å². The molecule has 25 heavy (non-hydrogen) atoms. The number of carbonyl (C=O) groups excluding carboxylic acids is 2. The van der Waals surface area contributed by atoms with Crippen LogP contribution in [0.25, 0.3) is 0 Å². The Morgan fingerprint density at radius 3 is 2.08 bits per heavy atom. The van der Waals surface area contributed by atoms with Crippen molar-refractivity contribution in [3.05, 3.63) is 23.0 Å². The zero-order valence-electron chi connectivity index (χ0n) is 12.2. The maximum atomic E-state index is 10.7. The number of cyclic esters (lactones) is 2. The fourth-order valence-corrected chi connectivity index (χ4v) is 1.96. The van der Waals surface area contributed by atoms with Gasteiger partial charge in [0.05, 0.1) is 13.2 Å². The summed E-state index contributed by atoms with van der Waals surface area (Å²) in [6.07, 6.45) is -4.27. The van der Waals surface area contributed by atoms with Crippen molar-refractivity contribution in [3.63, 3.8) is 0 Å². The van der Waals surface area contributed by atoms with E-state index in [1.807, 2.05) is 0 Å². The minimum Gasteiger partial charge on any atom is -0.505 e. The van der Waals surface area contributed by atoms with Crippen molar-refractivity contribution in [2.45, 2.75) is 22.8 Å². The highest BCUT2D eigenvalue weighted by molar-refractivity contribution is 9.10. The number of rotatable bonds is 4. The van der Waals surface area contributed by atoms with E-state index in [0.717, 1.165) is 0 Å². The molecule has 0 spiro atoms. The van der Waals surface area contributed by atoms with Crippen LogP contribution in [0.4, 0.5) is 0 Å². The van der Waals surface area contributed by atoms with Gasteiger partial charge in [-0.25, -0.2) is 9.59 Å². The third-order valence-corrected chi connectivity index (χ3v) is 3.68. The third-order valence-electron chi connectivity index (χ3n) is 3.01. The summed E-state index contributed by atoms with van der Waals surface area (Å²) in [6.45, 7) is -1.46. The van der Waals surface area contributed by atoms with Gasteiger partial charge in [-0.2, -0.15) is 0 Å². The molecule has 2 rings (SSSR count). The van der Waals surface area contributed by atoms with Gasteiger partial charge in [-0.3, -0.25) is 0 Å². The van der Waals surface area contributed by atoms with Crippen LogP contribution in [0.3, 0.4) is 0 Å². The molecular weight excluding hydrogens is 418 g/mol. The molecule has 8 N–H and O–H groups in total. The minimum absolute atomic E-state index is 0.671. The molecule has 2 heterocycles. The molecule has 2 aliphatic heterocycles. The largest absolute Gasteiger partial charge is 0.505 e. The second kappa shape index (κ2) is 7.88. The monoisotopic (exact) mass is 432 g/mol. The second-order valence-corrected chi connectivity index (χ2v) is 6.18. The average Bonchev–Trinajstić information content (AvgIpc) is 3.00. The molecular formula is C12H15BrO12. The molecule has 4 atom stereocenters. The van der Waals surface area contributed by atoms with Gasteiger partial charge >= 0.3 is 11.9 Å². The number of hydrogen-bond donors (Lipinski definition) is 8. The van der Waals surface area contributed by atoms with Gasteiger partial charge in [0.2, 0.25) is 17.6 Å². The summed E-state index contributed by atoms with van der Waals surface area (Å²) in [7, 11) is 0. The van der Waals surface area contributed by atoms with Gasteiger partial charge in [-0.1, -0.05) is 0 Å². The zero-order valence-corrected chi connectivity index (χ0v) is 13.8. The van der Waals surface area contributed by atoms with Crippen molar-refractivity contribution < 1.29 is 59.9 Å². The first-order chi connectivity index (χ1) is 11.5. The predicted molar refractivity (Wildman–Crippen MR) is 78.4 cm³/mol. The van der Waals surface area contributed by atoms with E-state index in [9.17, 15) is 14.7 Å². The molecule has 0 unspecified atom stereocenters. The number of carbonyl (C=O) groups is 2. The molecule has 0 aromatic rings. The van der Waals surface area contributed by atoms with E-state index in [-0.39, 0.29) is 0 Å². The second-order valence-electron chi connectivity index (χ2n) is 4.81. The molecule has 142 valence electrons. The summed E-state index contributed by atoms with van der Waals surface area (Å²) >= 11 is 2.63. The Balaban J connectivity index is 0.000000251. The molecule has 0 saturated carbocycles. The molecule has 12 nitrogen and oxygen atoms in total. The molecule has 0 fully saturated rings. The normalized spacial score (nSPS) is 26.6. The van der Waals surface area contributed by atoms with Crippen LogP contribution in [0.2, 0.25) is 0 Å². The van der Waals surface area contributed by atoms with Crippen LogP contribution in [0.15, 0.2) is 23.0 Å². The molecule has 13 heteroatoms. The van der Waals surface area contributed by atoms with Gasteiger partial charge in [0.25, 0.3) is 0 Å². The maximum Gasteiger partial charge on any atom is 0.378 e. The van der Waals surface area contributed by atoms with E-state index in [4.69, 9.17) is 35.7 Å². The van der Waals surface area contributed by atoms with Crippen LogP contribution >= 0.6 is 15.9 Å². The molecule has 0 radical (unpaired) electrons. The lowest BCUT2D eigenvalue weighted by molar-refractivity contribution is -0.149. The first kappa shape index (κ1) is 21.0. The van der Waals surface area contributed by atoms with Gasteiger partial charge in [0.1, 0.15) is 6.10 Å². The highest BCUT2D eigenvalue weighted by atomic mass is 79.9. The molecule has 0 aromatic carbocycles. The Labute approximate surface area is 147 Å². The summed E-state index contributed by atoms with van der Waals surface area (Å²) in [5.74, 6) is -5.69. The first-order valence-corrected chi connectivity index (χ1v) is 7.24.